The summed E-state index contributed by atoms with van der Waals surface area (Å²) in [6.07, 6.45) is -0.348. The molecule has 0 unspecified atom stereocenters. The van der Waals surface area contributed by atoms with Gasteiger partial charge in [-0.2, -0.15) is 17.0 Å². The molecule has 1 aromatic heterocycles. The normalized spacial score (nSPS) is 20.5. The predicted octanol–water partition coefficient (Wildman–Crippen LogP) is 1.05. The van der Waals surface area contributed by atoms with Gasteiger partial charge in [0.05, 0.1) is 12.3 Å². The van der Waals surface area contributed by atoms with Gasteiger partial charge in [-0.05, 0) is 19.9 Å². The summed E-state index contributed by atoms with van der Waals surface area (Å²) in [5.41, 5.74) is 1.60. The minimum Gasteiger partial charge on any atom is -0.369 e. The zero-order chi connectivity index (χ0) is 16.3. The predicted molar refractivity (Wildman–Crippen MR) is 83.6 cm³/mol. The lowest BCUT2D eigenvalue weighted by molar-refractivity contribution is -0.00677. The largest absolute Gasteiger partial charge is 0.369 e. The fraction of sp³-hybridized carbons (Fsp3) is 0.714. The van der Waals surface area contributed by atoms with E-state index in [0.717, 1.165) is 11.4 Å². The molecule has 2 heterocycles. The highest BCUT2D eigenvalue weighted by atomic mass is 32.2. The highest BCUT2D eigenvalue weighted by Crippen LogP contribution is 2.24. The molecule has 22 heavy (non-hydrogen) atoms. The van der Waals surface area contributed by atoms with Crippen molar-refractivity contribution >= 4 is 10.2 Å². The fourth-order valence-corrected chi connectivity index (χ4v) is 4.25. The van der Waals surface area contributed by atoms with E-state index in [1.54, 1.807) is 0 Å². The summed E-state index contributed by atoms with van der Waals surface area (Å²) in [7, 11) is -3.44. The second-order valence-electron chi connectivity index (χ2n) is 5.29. The van der Waals surface area contributed by atoms with Crippen LogP contribution in [0.2, 0.25) is 0 Å². The minimum atomic E-state index is -3.44. The third kappa shape index (κ3) is 3.62. The van der Waals surface area contributed by atoms with Crippen LogP contribution in [0.15, 0.2) is 6.07 Å². The Morgan fingerprint density at radius 3 is 2.59 bits per heavy atom. The molecule has 0 spiro atoms. The molecule has 1 aliphatic rings. The highest BCUT2D eigenvalue weighted by molar-refractivity contribution is 7.86. The van der Waals surface area contributed by atoms with Gasteiger partial charge in [-0.25, -0.2) is 9.97 Å². The average molecular weight is 328 g/mol. The molecule has 0 amide bonds. The number of aryl methyl sites for hydroxylation is 2. The van der Waals surface area contributed by atoms with E-state index < -0.39 is 10.2 Å². The molecule has 124 valence electrons. The summed E-state index contributed by atoms with van der Waals surface area (Å²) in [4.78, 5) is 8.63. The highest BCUT2D eigenvalue weighted by Gasteiger charge is 2.34. The second-order valence-corrected chi connectivity index (χ2v) is 7.22. The van der Waals surface area contributed by atoms with Crippen LogP contribution in [0.3, 0.4) is 0 Å². The lowest BCUT2D eigenvalue weighted by atomic mass is 10.2. The van der Waals surface area contributed by atoms with Crippen LogP contribution in [0.4, 0.5) is 0 Å². The molecule has 1 fully saturated rings. The summed E-state index contributed by atoms with van der Waals surface area (Å²) < 4.78 is 33.9. The Hall–Kier alpha value is -1.09. The van der Waals surface area contributed by atoms with Crippen molar-refractivity contribution in [3.8, 4) is 0 Å². The Morgan fingerprint density at radius 2 is 2.00 bits per heavy atom. The fourth-order valence-electron chi connectivity index (χ4n) is 2.64. The first-order valence-corrected chi connectivity index (χ1v) is 8.97. The minimum absolute atomic E-state index is 0.286. The quantitative estimate of drug-likeness (QED) is 0.808. The van der Waals surface area contributed by atoms with Crippen molar-refractivity contribution in [2.45, 2.75) is 33.8 Å². The van der Waals surface area contributed by atoms with Crippen LogP contribution < -0.4 is 0 Å². The van der Waals surface area contributed by atoms with Crippen molar-refractivity contribution in [1.29, 1.82) is 0 Å². The number of rotatable bonds is 5. The Bertz CT molecular complexity index is 596. The molecular formula is C14H24N4O3S. The second kappa shape index (κ2) is 6.99. The van der Waals surface area contributed by atoms with Crippen molar-refractivity contribution in [3.63, 3.8) is 0 Å². The maximum atomic E-state index is 12.6. The molecule has 2 rings (SSSR count). The third-order valence-electron chi connectivity index (χ3n) is 3.70. The molecule has 0 bridgehead atoms. The summed E-state index contributed by atoms with van der Waals surface area (Å²) >= 11 is 0. The van der Waals surface area contributed by atoms with E-state index in [2.05, 4.69) is 9.97 Å². The molecule has 7 nitrogen and oxygen atoms in total. The van der Waals surface area contributed by atoms with Crippen LogP contribution >= 0.6 is 0 Å². The lowest BCUT2D eigenvalue weighted by Gasteiger charge is -2.34. The first kappa shape index (κ1) is 17.3. The van der Waals surface area contributed by atoms with Gasteiger partial charge in [0.15, 0.2) is 0 Å². The number of ether oxygens (including phenoxy) is 1. The summed E-state index contributed by atoms with van der Waals surface area (Å²) in [5, 5.41) is 0. The van der Waals surface area contributed by atoms with Crippen LogP contribution in [0, 0.1) is 13.8 Å². The van der Waals surface area contributed by atoms with Crippen LogP contribution in [0.5, 0.6) is 0 Å². The Balaban J connectivity index is 2.21. The van der Waals surface area contributed by atoms with Gasteiger partial charge in [0.2, 0.25) is 0 Å². The van der Waals surface area contributed by atoms with E-state index in [1.165, 1.54) is 8.61 Å². The standard InChI is InChI=1S/C14H24N4O3S/c1-5-17(6-2)22(19,20)18-7-8-21-14(10-18)13-9-11(3)15-12(4)16-13/h9,14H,5-8,10H2,1-4H3/t14-/m1/s1. The van der Waals surface area contributed by atoms with Gasteiger partial charge in [0.25, 0.3) is 10.2 Å². The first-order chi connectivity index (χ1) is 10.4. The van der Waals surface area contributed by atoms with Crippen molar-refractivity contribution in [1.82, 2.24) is 18.6 Å². The Labute approximate surface area is 132 Å². The monoisotopic (exact) mass is 328 g/mol. The Morgan fingerprint density at radius 1 is 1.32 bits per heavy atom. The summed E-state index contributed by atoms with van der Waals surface area (Å²) in [6, 6.07) is 1.85. The van der Waals surface area contributed by atoms with E-state index in [4.69, 9.17) is 4.74 Å². The number of nitrogens with zero attached hydrogens (tertiary/aromatic N) is 4. The van der Waals surface area contributed by atoms with E-state index in [9.17, 15) is 8.42 Å². The first-order valence-electron chi connectivity index (χ1n) is 7.57. The SMILES string of the molecule is CCN(CC)S(=O)(=O)N1CCO[C@@H](c2cc(C)nc(C)n2)C1. The van der Waals surface area contributed by atoms with Gasteiger partial charge in [-0.15, -0.1) is 0 Å². The molecule has 1 saturated heterocycles. The average Bonchev–Trinajstić information content (AvgIpc) is 2.47. The van der Waals surface area contributed by atoms with Crippen molar-refractivity contribution in [3.05, 3.63) is 23.3 Å². The molecule has 1 aliphatic heterocycles. The number of aromatic nitrogens is 2. The molecule has 0 N–H and O–H groups in total. The topological polar surface area (TPSA) is 75.6 Å². The molecular weight excluding hydrogens is 304 g/mol. The van der Waals surface area contributed by atoms with E-state index in [0.29, 0.717) is 32.1 Å². The Kier molecular flexibility index (Phi) is 5.49. The van der Waals surface area contributed by atoms with Crippen molar-refractivity contribution in [2.24, 2.45) is 0 Å². The molecule has 0 saturated carbocycles. The van der Waals surface area contributed by atoms with Gasteiger partial charge < -0.3 is 4.74 Å². The molecule has 0 aromatic carbocycles. The third-order valence-corrected chi connectivity index (χ3v) is 5.86. The zero-order valence-electron chi connectivity index (χ0n) is 13.6. The molecule has 8 heteroatoms. The van der Waals surface area contributed by atoms with Crippen molar-refractivity contribution < 1.29 is 13.2 Å². The number of hydrogen-bond donors (Lipinski definition) is 0. The van der Waals surface area contributed by atoms with Crippen LogP contribution in [-0.2, 0) is 14.9 Å². The molecule has 0 aliphatic carbocycles. The van der Waals surface area contributed by atoms with E-state index >= 15 is 0 Å². The number of hydrogen-bond acceptors (Lipinski definition) is 5. The summed E-state index contributed by atoms with van der Waals surface area (Å²) in [6.45, 7) is 9.36. The smallest absolute Gasteiger partial charge is 0.282 e. The zero-order valence-corrected chi connectivity index (χ0v) is 14.4. The molecule has 0 radical (unpaired) electrons. The van der Waals surface area contributed by atoms with E-state index in [-0.39, 0.29) is 12.6 Å². The van der Waals surface area contributed by atoms with Crippen LogP contribution in [0.25, 0.3) is 0 Å². The van der Waals surface area contributed by atoms with Gasteiger partial charge >= 0.3 is 0 Å². The van der Waals surface area contributed by atoms with Gasteiger partial charge in [0.1, 0.15) is 11.9 Å². The maximum absolute atomic E-state index is 12.6. The molecule has 1 atom stereocenters. The van der Waals surface area contributed by atoms with E-state index in [1.807, 2.05) is 33.8 Å². The van der Waals surface area contributed by atoms with Gasteiger partial charge in [-0.3, -0.25) is 0 Å². The number of morpholine rings is 1. The van der Waals surface area contributed by atoms with Crippen molar-refractivity contribution in [2.75, 3.05) is 32.8 Å². The van der Waals surface area contributed by atoms with Gasteiger partial charge in [0, 0.05) is 31.9 Å². The summed E-state index contributed by atoms with van der Waals surface area (Å²) in [5.74, 6) is 0.669. The van der Waals surface area contributed by atoms with Crippen LogP contribution in [0.1, 0.15) is 37.2 Å². The van der Waals surface area contributed by atoms with Gasteiger partial charge in [-0.1, -0.05) is 13.8 Å². The maximum Gasteiger partial charge on any atom is 0.282 e. The molecule has 1 aromatic rings. The lowest BCUT2D eigenvalue weighted by Crippen LogP contribution is -2.49. The van der Waals surface area contributed by atoms with Crippen LogP contribution in [-0.4, -0.2) is 59.8 Å².